The number of carbonyl (C=O) groups is 2. The van der Waals surface area contributed by atoms with Crippen LogP contribution in [0.2, 0.25) is 5.28 Å². The van der Waals surface area contributed by atoms with Gasteiger partial charge in [-0.15, -0.1) is 0 Å². The maximum Gasteiger partial charge on any atom is 0.410 e. The van der Waals surface area contributed by atoms with Crippen LogP contribution in [0.5, 0.6) is 0 Å². The molecule has 150 valence electrons. The van der Waals surface area contributed by atoms with E-state index in [-0.39, 0.29) is 24.1 Å². The Morgan fingerprint density at radius 3 is 2.72 bits per heavy atom. The Labute approximate surface area is 172 Å². The molecule has 1 aliphatic heterocycles. The first kappa shape index (κ1) is 20.4. The standard InChI is InChI=1S/C19H18ClN5O4/c1-21-10-14-11-24(16-9-15(17(26)27)22-18(20)23-16)7-8-25(14)19(28)29-12-13-5-3-2-4-6-13/h2-6,9,14H,7-8,10-12H2,(H,26,27)/t14-/m0/s1. The molecule has 1 fully saturated rings. The number of carboxylic acids is 1. The third kappa shape index (κ3) is 5.12. The van der Waals surface area contributed by atoms with Gasteiger partial charge in [-0.25, -0.2) is 26.1 Å². The van der Waals surface area contributed by atoms with E-state index < -0.39 is 18.1 Å². The summed E-state index contributed by atoms with van der Waals surface area (Å²) >= 11 is 5.84. The van der Waals surface area contributed by atoms with Crippen LogP contribution in [-0.4, -0.2) is 64.3 Å². The van der Waals surface area contributed by atoms with E-state index in [1.165, 1.54) is 11.0 Å². The highest BCUT2D eigenvalue weighted by Gasteiger charge is 2.34. The fourth-order valence-electron chi connectivity index (χ4n) is 3.04. The molecule has 2 heterocycles. The average Bonchev–Trinajstić information content (AvgIpc) is 2.72. The summed E-state index contributed by atoms with van der Waals surface area (Å²) in [5.74, 6) is -0.869. The second kappa shape index (κ2) is 9.21. The van der Waals surface area contributed by atoms with Crippen LogP contribution in [0.15, 0.2) is 36.4 Å². The lowest BCUT2D eigenvalue weighted by Gasteiger charge is -2.39. The van der Waals surface area contributed by atoms with Gasteiger partial charge in [-0.1, -0.05) is 30.3 Å². The lowest BCUT2D eigenvalue weighted by molar-refractivity contribution is 0.0690. The van der Waals surface area contributed by atoms with Crippen molar-refractivity contribution < 1.29 is 19.4 Å². The van der Waals surface area contributed by atoms with Gasteiger partial charge < -0.3 is 19.6 Å². The number of piperazine rings is 1. The first-order valence-electron chi connectivity index (χ1n) is 8.81. The quantitative estimate of drug-likeness (QED) is 0.591. The fourth-order valence-corrected chi connectivity index (χ4v) is 3.22. The van der Waals surface area contributed by atoms with E-state index in [1.54, 1.807) is 4.90 Å². The van der Waals surface area contributed by atoms with E-state index in [0.717, 1.165) is 5.56 Å². The van der Waals surface area contributed by atoms with Crippen LogP contribution in [0.4, 0.5) is 10.6 Å². The number of anilines is 1. The number of amides is 1. The molecule has 0 radical (unpaired) electrons. The van der Waals surface area contributed by atoms with Gasteiger partial charge in [0.25, 0.3) is 0 Å². The number of carboxylic acid groups (broad SMARTS) is 1. The van der Waals surface area contributed by atoms with Crippen molar-refractivity contribution in [2.75, 3.05) is 31.1 Å². The molecule has 0 aliphatic carbocycles. The Morgan fingerprint density at radius 2 is 2.03 bits per heavy atom. The molecule has 1 aromatic heterocycles. The Morgan fingerprint density at radius 1 is 1.28 bits per heavy atom. The number of aromatic nitrogens is 2. The maximum absolute atomic E-state index is 12.6. The van der Waals surface area contributed by atoms with Crippen LogP contribution in [0, 0.1) is 6.57 Å². The number of carbonyl (C=O) groups excluding carboxylic acids is 1. The smallest absolute Gasteiger partial charge is 0.410 e. The third-order valence-electron chi connectivity index (χ3n) is 4.45. The molecule has 1 aromatic carbocycles. The summed E-state index contributed by atoms with van der Waals surface area (Å²) in [5, 5.41) is 8.98. The lowest BCUT2D eigenvalue weighted by atomic mass is 10.1. The zero-order valence-corrected chi connectivity index (χ0v) is 16.1. The zero-order valence-electron chi connectivity index (χ0n) is 15.4. The number of hydrogen-bond donors (Lipinski definition) is 1. The molecule has 0 spiro atoms. The molecule has 9 nitrogen and oxygen atoms in total. The molecule has 0 unspecified atom stereocenters. The summed E-state index contributed by atoms with van der Waals surface area (Å²) < 4.78 is 5.40. The molecular weight excluding hydrogens is 398 g/mol. The van der Waals surface area contributed by atoms with Gasteiger partial charge in [0.15, 0.2) is 5.69 Å². The maximum atomic E-state index is 12.6. The molecule has 10 heteroatoms. The van der Waals surface area contributed by atoms with Crippen molar-refractivity contribution in [1.29, 1.82) is 0 Å². The Balaban J connectivity index is 1.70. The van der Waals surface area contributed by atoms with Crippen molar-refractivity contribution in [3.63, 3.8) is 0 Å². The van der Waals surface area contributed by atoms with Gasteiger partial charge >= 0.3 is 12.1 Å². The topological polar surface area (TPSA) is 100 Å². The molecule has 1 saturated heterocycles. The highest BCUT2D eigenvalue weighted by molar-refractivity contribution is 6.28. The highest BCUT2D eigenvalue weighted by Crippen LogP contribution is 2.21. The minimum atomic E-state index is -1.21. The Kier molecular flexibility index (Phi) is 6.46. The van der Waals surface area contributed by atoms with Crippen molar-refractivity contribution in [1.82, 2.24) is 14.9 Å². The number of halogens is 1. The average molecular weight is 416 g/mol. The van der Waals surface area contributed by atoms with E-state index in [2.05, 4.69) is 14.8 Å². The molecule has 2 aromatic rings. The van der Waals surface area contributed by atoms with Crippen molar-refractivity contribution in [3.8, 4) is 0 Å². The van der Waals surface area contributed by atoms with E-state index in [4.69, 9.17) is 28.0 Å². The van der Waals surface area contributed by atoms with Crippen LogP contribution in [0.1, 0.15) is 16.1 Å². The number of aromatic carboxylic acids is 1. The summed E-state index contributed by atoms with van der Waals surface area (Å²) in [6, 6.07) is 10.2. The van der Waals surface area contributed by atoms with Gasteiger partial charge in [0, 0.05) is 25.7 Å². The third-order valence-corrected chi connectivity index (χ3v) is 4.62. The van der Waals surface area contributed by atoms with Gasteiger partial charge in [0.2, 0.25) is 11.8 Å². The Hall–Kier alpha value is -3.38. The largest absolute Gasteiger partial charge is 0.477 e. The zero-order chi connectivity index (χ0) is 20.8. The minimum absolute atomic E-state index is 0.0849. The molecule has 0 saturated carbocycles. The summed E-state index contributed by atoms with van der Waals surface area (Å²) in [6.45, 7) is 8.43. The number of rotatable bonds is 5. The van der Waals surface area contributed by atoms with Crippen molar-refractivity contribution in [3.05, 3.63) is 64.4 Å². The molecule has 1 amide bonds. The summed E-state index contributed by atoms with van der Waals surface area (Å²) in [7, 11) is 0. The van der Waals surface area contributed by atoms with Gasteiger partial charge in [0.05, 0.1) is 0 Å². The monoisotopic (exact) mass is 415 g/mol. The molecule has 1 atom stereocenters. The normalized spacial score (nSPS) is 16.2. The van der Waals surface area contributed by atoms with Crippen LogP contribution < -0.4 is 4.90 Å². The first-order chi connectivity index (χ1) is 14.0. The highest BCUT2D eigenvalue weighted by atomic mass is 35.5. The van der Waals surface area contributed by atoms with Crippen molar-refractivity contribution in [2.24, 2.45) is 0 Å². The van der Waals surface area contributed by atoms with Gasteiger partial charge in [-0.05, 0) is 17.2 Å². The van der Waals surface area contributed by atoms with Crippen LogP contribution in [0.3, 0.4) is 0 Å². The predicted molar refractivity (Wildman–Crippen MR) is 105 cm³/mol. The molecule has 0 bridgehead atoms. The molecule has 1 aliphatic rings. The lowest BCUT2D eigenvalue weighted by Crippen LogP contribution is -2.56. The van der Waals surface area contributed by atoms with Crippen molar-refractivity contribution in [2.45, 2.75) is 12.6 Å². The molecular formula is C19H18ClN5O4. The molecule has 3 rings (SSSR count). The van der Waals surface area contributed by atoms with Gasteiger partial charge in [-0.3, -0.25) is 4.90 Å². The Bertz CT molecular complexity index is 934. The predicted octanol–water partition coefficient (Wildman–Crippen LogP) is 2.57. The van der Waals surface area contributed by atoms with E-state index >= 15 is 0 Å². The van der Waals surface area contributed by atoms with Crippen molar-refractivity contribution >= 4 is 29.5 Å². The number of hydrogen-bond acceptors (Lipinski definition) is 6. The fraction of sp³-hybridized carbons (Fsp3) is 0.316. The van der Waals surface area contributed by atoms with Gasteiger partial charge in [-0.2, -0.15) is 0 Å². The summed E-state index contributed by atoms with van der Waals surface area (Å²) in [4.78, 5) is 38.3. The second-order valence-corrected chi connectivity index (χ2v) is 6.70. The van der Waals surface area contributed by atoms with Gasteiger partial charge in [0.1, 0.15) is 18.5 Å². The summed E-state index contributed by atoms with van der Waals surface area (Å²) in [6.07, 6.45) is -0.492. The van der Waals surface area contributed by atoms with E-state index in [1.807, 2.05) is 30.3 Å². The number of nitrogens with zero attached hydrogens (tertiary/aromatic N) is 5. The van der Waals surface area contributed by atoms with E-state index in [9.17, 15) is 9.59 Å². The minimum Gasteiger partial charge on any atom is -0.477 e. The number of ether oxygens (including phenoxy) is 1. The first-order valence-corrected chi connectivity index (χ1v) is 9.19. The number of benzene rings is 1. The second-order valence-electron chi connectivity index (χ2n) is 6.36. The summed E-state index contributed by atoms with van der Waals surface area (Å²) in [5.41, 5.74) is 0.657. The van der Waals surface area contributed by atoms with Crippen LogP contribution >= 0.6 is 11.6 Å². The SMILES string of the molecule is [C-]#[N+]C[C@H]1CN(c2cc(C(=O)O)nc(Cl)n2)CCN1C(=O)OCc1ccccc1. The van der Waals surface area contributed by atoms with E-state index in [0.29, 0.717) is 25.5 Å². The van der Waals surface area contributed by atoms with Crippen LogP contribution in [-0.2, 0) is 11.3 Å². The van der Waals surface area contributed by atoms with Crippen LogP contribution in [0.25, 0.3) is 4.85 Å². The molecule has 29 heavy (non-hydrogen) atoms. The molecule has 1 N–H and O–H groups in total.